The van der Waals surface area contributed by atoms with Crippen molar-refractivity contribution in [2.75, 3.05) is 20.2 Å². The number of pyridine rings is 1. The smallest absolute Gasteiger partial charge is 0.255 e. The SMILES string of the molecule is CC.CCCNC(=O)c1cc(Cl)ccc1OC.CCCNC(=O)c1ccncc1. The monoisotopic (exact) mass is 421 g/mol. The first kappa shape index (κ1) is 26.4. The van der Waals surface area contributed by atoms with E-state index in [4.69, 9.17) is 16.3 Å². The first-order chi connectivity index (χ1) is 14.0. The summed E-state index contributed by atoms with van der Waals surface area (Å²) in [5.41, 5.74) is 1.14. The Labute approximate surface area is 179 Å². The van der Waals surface area contributed by atoms with Gasteiger partial charge in [0.05, 0.1) is 12.7 Å². The Morgan fingerprint density at radius 1 is 0.966 bits per heavy atom. The molecule has 0 spiro atoms. The number of carbonyl (C=O) groups excluding carboxylic acids is 2. The summed E-state index contributed by atoms with van der Waals surface area (Å²) < 4.78 is 5.08. The maximum Gasteiger partial charge on any atom is 0.255 e. The summed E-state index contributed by atoms with van der Waals surface area (Å²) in [4.78, 5) is 26.8. The number of hydrogen-bond donors (Lipinski definition) is 2. The molecule has 2 N–H and O–H groups in total. The Kier molecular flexibility index (Phi) is 14.9. The van der Waals surface area contributed by atoms with Crippen LogP contribution in [-0.2, 0) is 0 Å². The maximum absolute atomic E-state index is 11.7. The third-order valence-corrected chi connectivity index (χ3v) is 3.65. The number of nitrogens with zero attached hydrogens (tertiary/aromatic N) is 1. The van der Waals surface area contributed by atoms with Crippen molar-refractivity contribution in [1.82, 2.24) is 15.6 Å². The van der Waals surface area contributed by atoms with Crippen LogP contribution in [0.25, 0.3) is 0 Å². The fourth-order valence-corrected chi connectivity index (χ4v) is 2.21. The van der Waals surface area contributed by atoms with Crippen molar-refractivity contribution >= 4 is 23.4 Å². The van der Waals surface area contributed by atoms with Crippen molar-refractivity contribution in [3.63, 3.8) is 0 Å². The topological polar surface area (TPSA) is 80.3 Å². The van der Waals surface area contributed by atoms with Gasteiger partial charge in [-0.3, -0.25) is 14.6 Å². The van der Waals surface area contributed by atoms with E-state index in [1.807, 2.05) is 27.7 Å². The summed E-state index contributed by atoms with van der Waals surface area (Å²) in [6.07, 6.45) is 5.08. The van der Waals surface area contributed by atoms with Crippen molar-refractivity contribution in [2.24, 2.45) is 0 Å². The molecule has 2 aromatic rings. The predicted molar refractivity (Wildman–Crippen MR) is 119 cm³/mol. The van der Waals surface area contributed by atoms with E-state index in [-0.39, 0.29) is 11.8 Å². The van der Waals surface area contributed by atoms with Crippen molar-refractivity contribution in [1.29, 1.82) is 0 Å². The van der Waals surface area contributed by atoms with Gasteiger partial charge in [0.1, 0.15) is 5.75 Å². The summed E-state index contributed by atoms with van der Waals surface area (Å²) in [6.45, 7) is 9.39. The molecule has 1 heterocycles. The molecule has 1 aromatic carbocycles. The Bertz CT molecular complexity index is 724. The van der Waals surface area contributed by atoms with Crippen LogP contribution in [0.1, 0.15) is 61.3 Å². The van der Waals surface area contributed by atoms with Gasteiger partial charge in [-0.05, 0) is 43.2 Å². The summed E-state index contributed by atoms with van der Waals surface area (Å²) in [5.74, 6) is 0.350. The number of rotatable bonds is 7. The molecule has 0 saturated carbocycles. The van der Waals surface area contributed by atoms with E-state index < -0.39 is 0 Å². The zero-order valence-electron chi connectivity index (χ0n) is 17.9. The lowest BCUT2D eigenvalue weighted by Crippen LogP contribution is -2.24. The van der Waals surface area contributed by atoms with Crippen LogP contribution in [-0.4, -0.2) is 37.0 Å². The van der Waals surface area contributed by atoms with E-state index in [2.05, 4.69) is 15.6 Å². The molecule has 0 aliphatic carbocycles. The van der Waals surface area contributed by atoms with Crippen LogP contribution >= 0.6 is 11.6 Å². The first-order valence-electron chi connectivity index (χ1n) is 9.83. The molecule has 0 radical (unpaired) electrons. The van der Waals surface area contributed by atoms with Crippen molar-refractivity contribution < 1.29 is 14.3 Å². The number of aromatic nitrogens is 1. The Balaban J connectivity index is 0.000000508. The highest BCUT2D eigenvalue weighted by Crippen LogP contribution is 2.22. The van der Waals surface area contributed by atoms with E-state index in [1.54, 1.807) is 42.7 Å². The summed E-state index contributed by atoms with van der Waals surface area (Å²) in [6, 6.07) is 8.38. The molecule has 2 amide bonds. The molecule has 2 rings (SSSR count). The lowest BCUT2D eigenvalue weighted by Gasteiger charge is -2.08. The van der Waals surface area contributed by atoms with Crippen molar-refractivity contribution in [3.8, 4) is 5.75 Å². The lowest BCUT2D eigenvalue weighted by atomic mass is 10.2. The van der Waals surface area contributed by atoms with E-state index in [0.29, 0.717) is 28.4 Å². The number of ether oxygens (including phenoxy) is 1. The third-order valence-electron chi connectivity index (χ3n) is 3.42. The number of hydrogen-bond acceptors (Lipinski definition) is 4. The van der Waals surface area contributed by atoms with Gasteiger partial charge >= 0.3 is 0 Å². The van der Waals surface area contributed by atoms with E-state index >= 15 is 0 Å². The van der Waals surface area contributed by atoms with E-state index in [0.717, 1.165) is 19.4 Å². The maximum atomic E-state index is 11.7. The van der Waals surface area contributed by atoms with E-state index in [1.165, 1.54) is 7.11 Å². The van der Waals surface area contributed by atoms with Gasteiger partial charge in [0.25, 0.3) is 11.8 Å². The van der Waals surface area contributed by atoms with Gasteiger partial charge in [-0.1, -0.05) is 39.3 Å². The van der Waals surface area contributed by atoms with Crippen LogP contribution in [0.5, 0.6) is 5.75 Å². The highest BCUT2D eigenvalue weighted by molar-refractivity contribution is 6.31. The Morgan fingerprint density at radius 3 is 2.03 bits per heavy atom. The minimum atomic E-state index is -0.156. The van der Waals surface area contributed by atoms with Gasteiger partial charge in [0.2, 0.25) is 0 Å². The fraction of sp³-hybridized carbons (Fsp3) is 0.409. The second-order valence-electron chi connectivity index (χ2n) is 5.59. The molecule has 0 fully saturated rings. The predicted octanol–water partition coefficient (Wildman–Crippen LogP) is 4.74. The zero-order valence-corrected chi connectivity index (χ0v) is 18.7. The second-order valence-corrected chi connectivity index (χ2v) is 6.03. The molecule has 0 aliphatic heterocycles. The number of carbonyl (C=O) groups is 2. The zero-order chi connectivity index (χ0) is 22.1. The molecular weight excluding hydrogens is 390 g/mol. The molecule has 29 heavy (non-hydrogen) atoms. The third kappa shape index (κ3) is 10.5. The number of amides is 2. The molecule has 0 aliphatic rings. The number of nitrogens with one attached hydrogen (secondary N) is 2. The standard InChI is InChI=1S/C11H14ClNO2.C9H12N2O.C2H6/c1-3-6-13-11(14)9-7-8(12)4-5-10(9)15-2;1-2-5-11-9(12)8-3-6-10-7-4-8;1-2/h4-5,7H,3,6H2,1-2H3,(H,13,14);3-4,6-7H,2,5H2,1H3,(H,11,12);1-2H3. The average Bonchev–Trinajstić information content (AvgIpc) is 2.78. The highest BCUT2D eigenvalue weighted by Gasteiger charge is 2.11. The molecule has 0 saturated heterocycles. The van der Waals surface area contributed by atoms with Crippen LogP contribution in [0.15, 0.2) is 42.7 Å². The molecule has 160 valence electrons. The van der Waals surface area contributed by atoms with Crippen LogP contribution < -0.4 is 15.4 Å². The van der Waals surface area contributed by atoms with Crippen LogP contribution in [0.4, 0.5) is 0 Å². The molecule has 0 unspecified atom stereocenters. The minimum Gasteiger partial charge on any atom is -0.496 e. The summed E-state index contributed by atoms with van der Waals surface area (Å²) >= 11 is 5.82. The summed E-state index contributed by atoms with van der Waals surface area (Å²) in [7, 11) is 1.53. The minimum absolute atomic E-state index is 0.0285. The number of methoxy groups -OCH3 is 1. The lowest BCUT2D eigenvalue weighted by molar-refractivity contribution is 0.0943. The van der Waals surface area contributed by atoms with Gasteiger partial charge in [-0.15, -0.1) is 0 Å². The largest absolute Gasteiger partial charge is 0.496 e. The van der Waals surface area contributed by atoms with Gasteiger partial charge in [-0.2, -0.15) is 0 Å². The average molecular weight is 422 g/mol. The molecule has 0 bridgehead atoms. The molecule has 0 atom stereocenters. The summed E-state index contributed by atoms with van der Waals surface area (Å²) in [5, 5.41) is 6.08. The Hall–Kier alpha value is -2.60. The number of benzene rings is 1. The van der Waals surface area contributed by atoms with Crippen LogP contribution in [0.2, 0.25) is 5.02 Å². The number of halogens is 1. The van der Waals surface area contributed by atoms with Gasteiger partial charge in [-0.25, -0.2) is 0 Å². The fourth-order valence-electron chi connectivity index (χ4n) is 2.04. The van der Waals surface area contributed by atoms with Crippen molar-refractivity contribution in [2.45, 2.75) is 40.5 Å². The van der Waals surface area contributed by atoms with Crippen molar-refractivity contribution in [3.05, 3.63) is 58.9 Å². The van der Waals surface area contributed by atoms with Gasteiger partial charge < -0.3 is 15.4 Å². The van der Waals surface area contributed by atoms with Crippen LogP contribution in [0, 0.1) is 0 Å². The van der Waals surface area contributed by atoms with Gasteiger partial charge in [0, 0.05) is 36.1 Å². The Morgan fingerprint density at radius 2 is 1.52 bits per heavy atom. The van der Waals surface area contributed by atoms with Gasteiger partial charge in [0.15, 0.2) is 0 Å². The van der Waals surface area contributed by atoms with Crippen LogP contribution in [0.3, 0.4) is 0 Å². The first-order valence-corrected chi connectivity index (χ1v) is 10.2. The molecule has 7 heteroatoms. The molecule has 6 nitrogen and oxygen atoms in total. The second kappa shape index (κ2) is 16.4. The molecule has 1 aromatic heterocycles. The molecular formula is C22H32ClN3O3. The van der Waals surface area contributed by atoms with E-state index in [9.17, 15) is 9.59 Å². The highest BCUT2D eigenvalue weighted by atomic mass is 35.5. The normalized spacial score (nSPS) is 9.17. The quantitative estimate of drug-likeness (QED) is 0.676.